The zero-order valence-corrected chi connectivity index (χ0v) is 16.2. The lowest BCUT2D eigenvalue weighted by Crippen LogP contribution is -2.20. The van der Waals surface area contributed by atoms with E-state index in [1.165, 1.54) is 11.6 Å². The molecule has 0 saturated carbocycles. The summed E-state index contributed by atoms with van der Waals surface area (Å²) in [5, 5.41) is 2.71. The fourth-order valence-electron chi connectivity index (χ4n) is 2.62. The third kappa shape index (κ3) is 5.13. The van der Waals surface area contributed by atoms with Crippen LogP contribution in [0.2, 0.25) is 0 Å². The van der Waals surface area contributed by atoms with Crippen molar-refractivity contribution in [3.63, 3.8) is 0 Å². The van der Waals surface area contributed by atoms with Crippen LogP contribution in [-0.4, -0.2) is 25.3 Å². The van der Waals surface area contributed by atoms with Gasteiger partial charge in [0.25, 0.3) is 5.91 Å². The van der Waals surface area contributed by atoms with Crippen molar-refractivity contribution < 1.29 is 23.8 Å². The zero-order chi connectivity index (χ0) is 20.1. The summed E-state index contributed by atoms with van der Waals surface area (Å²) < 4.78 is 15.5. The molecule has 2 aromatic rings. The molecule has 6 nitrogen and oxygen atoms in total. The highest BCUT2D eigenvalue weighted by molar-refractivity contribution is 5.94. The van der Waals surface area contributed by atoms with E-state index >= 15 is 0 Å². The molecule has 0 fully saturated rings. The van der Waals surface area contributed by atoms with Gasteiger partial charge in [-0.3, -0.25) is 4.79 Å². The molecule has 6 heteroatoms. The number of rotatable bonds is 5. The predicted octanol–water partition coefficient (Wildman–Crippen LogP) is 3.91. The number of anilines is 1. The summed E-state index contributed by atoms with van der Waals surface area (Å²) in [5.74, 6) is 0.309. The van der Waals surface area contributed by atoms with Gasteiger partial charge in [-0.2, -0.15) is 0 Å². The van der Waals surface area contributed by atoms with Crippen molar-refractivity contribution in [1.82, 2.24) is 0 Å². The number of fused-ring (bicyclic) bond motifs is 1. The number of carbonyl (C=O) groups is 2. The van der Waals surface area contributed by atoms with Crippen molar-refractivity contribution in [3.05, 3.63) is 59.7 Å². The number of hydrogen-bond donors (Lipinski definition) is 1. The van der Waals surface area contributed by atoms with Crippen molar-refractivity contribution in [2.45, 2.75) is 26.2 Å². The Hall–Kier alpha value is -3.28. The first-order valence-corrected chi connectivity index (χ1v) is 8.96. The lowest BCUT2D eigenvalue weighted by Gasteiger charge is -2.19. The Kier molecular flexibility index (Phi) is 5.68. The molecule has 0 unspecified atom stereocenters. The summed E-state index contributed by atoms with van der Waals surface area (Å²) >= 11 is 0. The van der Waals surface area contributed by atoms with E-state index in [1.54, 1.807) is 24.3 Å². The fourth-order valence-corrected chi connectivity index (χ4v) is 2.62. The van der Waals surface area contributed by atoms with Gasteiger partial charge < -0.3 is 19.5 Å². The average Bonchev–Trinajstić information content (AvgIpc) is 3.12. The van der Waals surface area contributed by atoms with Crippen LogP contribution in [0.15, 0.2) is 48.5 Å². The van der Waals surface area contributed by atoms with Crippen LogP contribution < -0.4 is 14.8 Å². The molecule has 1 N–H and O–H groups in total. The molecular formula is C22H23NO5. The molecule has 146 valence electrons. The molecule has 1 aliphatic rings. The number of amides is 1. The third-order valence-electron chi connectivity index (χ3n) is 4.19. The summed E-state index contributed by atoms with van der Waals surface area (Å²) in [7, 11) is 0. The van der Waals surface area contributed by atoms with Crippen molar-refractivity contribution in [1.29, 1.82) is 0 Å². The molecule has 0 saturated heterocycles. The molecule has 0 aromatic heterocycles. The Bertz CT molecular complexity index is 894. The third-order valence-corrected chi connectivity index (χ3v) is 4.19. The summed E-state index contributed by atoms with van der Waals surface area (Å²) in [6.45, 7) is 6.20. The van der Waals surface area contributed by atoms with Crippen molar-refractivity contribution >= 4 is 23.6 Å². The van der Waals surface area contributed by atoms with E-state index in [-0.39, 0.29) is 18.8 Å². The van der Waals surface area contributed by atoms with E-state index in [4.69, 9.17) is 14.2 Å². The molecule has 0 atom stereocenters. The average molecular weight is 381 g/mol. The summed E-state index contributed by atoms with van der Waals surface area (Å²) in [4.78, 5) is 23.8. The molecule has 1 aliphatic heterocycles. The van der Waals surface area contributed by atoms with Crippen LogP contribution in [0, 0.1) is 0 Å². The van der Waals surface area contributed by atoms with E-state index in [0.29, 0.717) is 17.2 Å². The fraction of sp³-hybridized carbons (Fsp3) is 0.273. The first-order valence-electron chi connectivity index (χ1n) is 8.96. The maximum absolute atomic E-state index is 12.0. The maximum Gasteiger partial charge on any atom is 0.331 e. The maximum atomic E-state index is 12.0. The highest BCUT2D eigenvalue weighted by atomic mass is 16.7. The number of esters is 1. The van der Waals surface area contributed by atoms with Gasteiger partial charge >= 0.3 is 5.97 Å². The van der Waals surface area contributed by atoms with Crippen LogP contribution in [0.4, 0.5) is 5.69 Å². The number of hydrogen-bond acceptors (Lipinski definition) is 5. The highest BCUT2D eigenvalue weighted by Gasteiger charge is 2.14. The van der Waals surface area contributed by atoms with E-state index in [1.807, 2.05) is 24.3 Å². The largest absolute Gasteiger partial charge is 0.454 e. The van der Waals surface area contributed by atoms with Crippen molar-refractivity contribution in [2.24, 2.45) is 0 Å². The number of ether oxygens (including phenoxy) is 3. The van der Waals surface area contributed by atoms with Gasteiger partial charge in [0, 0.05) is 11.8 Å². The molecule has 2 aromatic carbocycles. The van der Waals surface area contributed by atoms with Gasteiger partial charge in [0.15, 0.2) is 18.1 Å². The van der Waals surface area contributed by atoms with Gasteiger partial charge in [-0.25, -0.2) is 4.79 Å². The van der Waals surface area contributed by atoms with Gasteiger partial charge in [-0.05, 0) is 46.9 Å². The van der Waals surface area contributed by atoms with Crippen LogP contribution in [-0.2, 0) is 19.7 Å². The van der Waals surface area contributed by atoms with E-state index in [2.05, 4.69) is 26.1 Å². The minimum Gasteiger partial charge on any atom is -0.454 e. The standard InChI is InChI=1S/C22H23NO5/c1-22(2,3)16-6-8-17(9-7-16)23-20(24)13-26-21(25)11-5-15-4-10-18-19(12-15)28-14-27-18/h4-12H,13-14H2,1-3H3,(H,23,24)/b11-5+. The Morgan fingerprint density at radius 3 is 2.50 bits per heavy atom. The molecule has 0 bridgehead atoms. The van der Waals surface area contributed by atoms with Crippen molar-refractivity contribution in [2.75, 3.05) is 18.7 Å². The van der Waals surface area contributed by atoms with Gasteiger partial charge in [0.2, 0.25) is 6.79 Å². The normalized spacial score (nSPS) is 12.8. The minimum absolute atomic E-state index is 0.0440. The molecule has 0 aliphatic carbocycles. The highest BCUT2D eigenvalue weighted by Crippen LogP contribution is 2.32. The van der Waals surface area contributed by atoms with Crippen LogP contribution in [0.25, 0.3) is 6.08 Å². The Labute approximate surface area is 164 Å². The SMILES string of the molecule is CC(C)(C)c1ccc(NC(=O)COC(=O)/C=C/c2ccc3c(c2)OCO3)cc1. The molecule has 28 heavy (non-hydrogen) atoms. The first-order chi connectivity index (χ1) is 13.3. The second kappa shape index (κ2) is 8.17. The van der Waals surface area contributed by atoms with E-state index < -0.39 is 11.9 Å². The smallest absolute Gasteiger partial charge is 0.331 e. The first kappa shape index (κ1) is 19.5. The number of benzene rings is 2. The van der Waals surface area contributed by atoms with Crippen LogP contribution in [0.1, 0.15) is 31.9 Å². The second-order valence-corrected chi connectivity index (χ2v) is 7.43. The van der Waals surface area contributed by atoms with Crippen LogP contribution in [0.5, 0.6) is 11.5 Å². The molecule has 1 heterocycles. The van der Waals surface area contributed by atoms with Gasteiger partial charge in [0.1, 0.15) is 0 Å². The number of carbonyl (C=O) groups excluding carboxylic acids is 2. The van der Waals surface area contributed by atoms with Gasteiger partial charge in [-0.15, -0.1) is 0 Å². The quantitative estimate of drug-likeness (QED) is 0.628. The molecule has 1 amide bonds. The summed E-state index contributed by atoms with van der Waals surface area (Å²) in [5.41, 5.74) is 2.64. The lowest BCUT2D eigenvalue weighted by atomic mass is 9.87. The van der Waals surface area contributed by atoms with Gasteiger partial charge in [-0.1, -0.05) is 39.0 Å². The minimum atomic E-state index is -0.601. The lowest BCUT2D eigenvalue weighted by molar-refractivity contribution is -0.142. The predicted molar refractivity (Wildman–Crippen MR) is 106 cm³/mol. The molecular weight excluding hydrogens is 358 g/mol. The molecule has 3 rings (SSSR count). The van der Waals surface area contributed by atoms with Gasteiger partial charge in [0.05, 0.1) is 0 Å². The number of nitrogens with one attached hydrogen (secondary N) is 1. The van der Waals surface area contributed by atoms with Crippen LogP contribution >= 0.6 is 0 Å². The summed E-state index contributed by atoms with van der Waals surface area (Å²) in [6.07, 6.45) is 2.86. The van der Waals surface area contributed by atoms with Crippen molar-refractivity contribution in [3.8, 4) is 11.5 Å². The Morgan fingerprint density at radius 1 is 1.07 bits per heavy atom. The van der Waals surface area contributed by atoms with E-state index in [0.717, 1.165) is 5.56 Å². The monoisotopic (exact) mass is 381 g/mol. The Balaban J connectivity index is 1.47. The topological polar surface area (TPSA) is 73.9 Å². The van der Waals surface area contributed by atoms with E-state index in [9.17, 15) is 9.59 Å². The Morgan fingerprint density at radius 2 is 1.79 bits per heavy atom. The molecule has 0 radical (unpaired) electrons. The zero-order valence-electron chi connectivity index (χ0n) is 16.2. The summed E-state index contributed by atoms with van der Waals surface area (Å²) in [6, 6.07) is 12.9. The van der Waals surface area contributed by atoms with Crippen LogP contribution in [0.3, 0.4) is 0 Å². The second-order valence-electron chi connectivity index (χ2n) is 7.43. The molecule has 0 spiro atoms.